The van der Waals surface area contributed by atoms with Gasteiger partial charge in [0.05, 0.1) is 11.0 Å². The fourth-order valence-electron chi connectivity index (χ4n) is 1.82. The van der Waals surface area contributed by atoms with E-state index in [1.165, 1.54) is 0 Å². The molecule has 0 spiro atoms. The molecule has 0 aliphatic carbocycles. The lowest BCUT2D eigenvalue weighted by molar-refractivity contribution is 0.786. The molecule has 2 heterocycles. The van der Waals surface area contributed by atoms with E-state index in [0.717, 1.165) is 21.1 Å². The van der Waals surface area contributed by atoms with Gasteiger partial charge in [0, 0.05) is 10.7 Å². The van der Waals surface area contributed by atoms with E-state index in [1.54, 1.807) is 12.4 Å². The van der Waals surface area contributed by atoms with Crippen molar-refractivity contribution in [2.75, 3.05) is 5.32 Å². The van der Waals surface area contributed by atoms with Crippen LogP contribution in [0.25, 0.3) is 11.0 Å². The van der Waals surface area contributed by atoms with E-state index in [-0.39, 0.29) is 0 Å². The smallest absolute Gasteiger partial charge is 0.132 e. The van der Waals surface area contributed by atoms with Crippen molar-refractivity contribution < 1.29 is 0 Å². The maximum absolute atomic E-state index is 5.98. The summed E-state index contributed by atoms with van der Waals surface area (Å²) < 4.78 is 0.885. The van der Waals surface area contributed by atoms with Gasteiger partial charge in [0.25, 0.3) is 0 Å². The van der Waals surface area contributed by atoms with E-state index in [1.807, 2.05) is 24.3 Å². The maximum Gasteiger partial charge on any atom is 0.132 e. The lowest BCUT2D eigenvalue weighted by Crippen LogP contribution is -2.11. The Balaban J connectivity index is 2.25. The molecule has 2 aromatic heterocycles. The molecule has 2 aromatic rings. The monoisotopic (exact) mass is 347 g/mol. The predicted molar refractivity (Wildman–Crippen MR) is 90.2 cm³/mol. The number of hydrogen-bond acceptors (Lipinski definition) is 5. The third-order valence-corrected chi connectivity index (χ3v) is 3.39. The minimum atomic E-state index is 0.306. The van der Waals surface area contributed by atoms with Crippen molar-refractivity contribution >= 4 is 32.8 Å². The van der Waals surface area contributed by atoms with Crippen LogP contribution in [0.4, 0.5) is 5.82 Å². The van der Waals surface area contributed by atoms with Crippen LogP contribution < -0.4 is 16.8 Å². The van der Waals surface area contributed by atoms with Gasteiger partial charge in [0.2, 0.25) is 0 Å². The second-order valence-corrected chi connectivity index (χ2v) is 5.85. The number of nitrogens with two attached hydrogens (primary N) is 2. The normalized spacial score (nSPS) is 13.0. The molecule has 110 valence electrons. The second-order valence-electron chi connectivity index (χ2n) is 4.93. The van der Waals surface area contributed by atoms with Crippen molar-refractivity contribution in [2.24, 2.45) is 17.4 Å². The van der Waals surface area contributed by atoms with E-state index >= 15 is 0 Å². The number of halogens is 1. The summed E-state index contributed by atoms with van der Waals surface area (Å²) in [5.74, 6) is 1.46. The number of pyridine rings is 2. The average molecular weight is 348 g/mol. The molecule has 0 atom stereocenters. The molecule has 0 saturated heterocycles. The van der Waals surface area contributed by atoms with Crippen molar-refractivity contribution in [3.05, 3.63) is 52.5 Å². The third kappa shape index (κ3) is 3.95. The number of rotatable bonds is 4. The molecule has 2 rings (SSSR count). The Kier molecular flexibility index (Phi) is 4.80. The van der Waals surface area contributed by atoms with E-state index < -0.39 is 0 Å². The summed E-state index contributed by atoms with van der Waals surface area (Å²) >= 11 is 3.39. The lowest BCUT2D eigenvalue weighted by atomic mass is 10.0. The van der Waals surface area contributed by atoms with Gasteiger partial charge in [-0.3, -0.25) is 4.98 Å². The summed E-state index contributed by atoms with van der Waals surface area (Å²) in [6.45, 7) is 4.11. The van der Waals surface area contributed by atoms with Crippen molar-refractivity contribution in [2.45, 2.75) is 13.8 Å². The molecule has 0 aromatic carbocycles. The van der Waals surface area contributed by atoms with Gasteiger partial charge in [0.15, 0.2) is 0 Å². The van der Waals surface area contributed by atoms with E-state index in [0.29, 0.717) is 17.6 Å². The molecule has 21 heavy (non-hydrogen) atoms. The topological polar surface area (TPSA) is 89.8 Å². The van der Waals surface area contributed by atoms with E-state index in [9.17, 15) is 0 Å². The van der Waals surface area contributed by atoms with Crippen LogP contribution in [0.2, 0.25) is 0 Å². The first kappa shape index (κ1) is 15.3. The molecule has 0 aliphatic heterocycles. The standard InChI is InChI=1S/C15H18BrN5/c1-9(2)10(7-17)5-14(18)21-15-4-3-12-13(20-15)6-11(16)8-19-12/h3-9H,17-18H2,1-2H3,(H,20,21)/b10-7+,14-5+. The minimum Gasteiger partial charge on any atom is -0.404 e. The fourth-order valence-corrected chi connectivity index (χ4v) is 2.14. The molecule has 0 amide bonds. The summed E-state index contributed by atoms with van der Waals surface area (Å²) in [7, 11) is 0. The molecule has 0 unspecified atom stereocenters. The zero-order chi connectivity index (χ0) is 15.4. The highest BCUT2D eigenvalue weighted by molar-refractivity contribution is 9.10. The summed E-state index contributed by atoms with van der Waals surface area (Å²) in [5, 5.41) is 3.06. The van der Waals surface area contributed by atoms with Crippen LogP contribution in [0, 0.1) is 5.92 Å². The van der Waals surface area contributed by atoms with Crippen LogP contribution in [-0.4, -0.2) is 9.97 Å². The van der Waals surface area contributed by atoms with Gasteiger partial charge in [0.1, 0.15) is 11.6 Å². The number of allylic oxidation sites excluding steroid dienone is 2. The van der Waals surface area contributed by atoms with Crippen LogP contribution in [0.15, 0.2) is 52.5 Å². The zero-order valence-electron chi connectivity index (χ0n) is 12.0. The first-order chi connectivity index (χ1) is 9.99. The van der Waals surface area contributed by atoms with E-state index in [4.69, 9.17) is 11.5 Å². The Hall–Kier alpha value is -2.08. The van der Waals surface area contributed by atoms with Gasteiger partial charge in [-0.15, -0.1) is 0 Å². The SMILES string of the molecule is CC(C)C(=C/N)/C=C(\N)Nc1ccc2ncc(Br)cc2n1. The Bertz CT molecular complexity index is 706. The van der Waals surface area contributed by atoms with Crippen molar-refractivity contribution in [3.63, 3.8) is 0 Å². The van der Waals surface area contributed by atoms with Gasteiger partial charge in [-0.1, -0.05) is 13.8 Å². The molecule has 0 fully saturated rings. The van der Waals surface area contributed by atoms with Gasteiger partial charge in [-0.2, -0.15) is 0 Å². The first-order valence-corrected chi connectivity index (χ1v) is 7.37. The number of fused-ring (bicyclic) bond motifs is 1. The molecular weight excluding hydrogens is 330 g/mol. The van der Waals surface area contributed by atoms with Crippen molar-refractivity contribution in [1.29, 1.82) is 0 Å². The van der Waals surface area contributed by atoms with E-state index in [2.05, 4.69) is 45.1 Å². The highest BCUT2D eigenvalue weighted by Crippen LogP contribution is 2.18. The summed E-state index contributed by atoms with van der Waals surface area (Å²) in [6, 6.07) is 5.64. The molecule has 6 heteroatoms. The highest BCUT2D eigenvalue weighted by Gasteiger charge is 2.03. The van der Waals surface area contributed by atoms with Crippen molar-refractivity contribution in [3.8, 4) is 0 Å². The van der Waals surface area contributed by atoms with Gasteiger partial charge < -0.3 is 16.8 Å². The summed E-state index contributed by atoms with van der Waals surface area (Å²) in [5.41, 5.74) is 14.2. The van der Waals surface area contributed by atoms with Crippen LogP contribution in [0.3, 0.4) is 0 Å². The summed E-state index contributed by atoms with van der Waals surface area (Å²) in [4.78, 5) is 8.76. The molecule has 0 radical (unpaired) electrons. The van der Waals surface area contributed by atoms with Crippen LogP contribution in [0.1, 0.15) is 13.8 Å². The summed E-state index contributed by atoms with van der Waals surface area (Å²) in [6.07, 6.45) is 5.12. The third-order valence-electron chi connectivity index (χ3n) is 2.96. The number of anilines is 1. The predicted octanol–water partition coefficient (Wildman–Crippen LogP) is 3.10. The Morgan fingerprint density at radius 3 is 2.76 bits per heavy atom. The number of aromatic nitrogens is 2. The molecule has 5 N–H and O–H groups in total. The molecular formula is C15H18BrN5. The Morgan fingerprint density at radius 2 is 2.10 bits per heavy atom. The van der Waals surface area contributed by atoms with Gasteiger partial charge in [-0.05, 0) is 57.9 Å². The van der Waals surface area contributed by atoms with Crippen LogP contribution >= 0.6 is 15.9 Å². The molecule has 0 aliphatic rings. The number of nitrogens with zero attached hydrogens (tertiary/aromatic N) is 2. The maximum atomic E-state index is 5.98. The molecule has 0 bridgehead atoms. The molecule has 0 saturated carbocycles. The largest absolute Gasteiger partial charge is 0.404 e. The van der Waals surface area contributed by atoms with Crippen LogP contribution in [-0.2, 0) is 0 Å². The fraction of sp³-hybridized carbons (Fsp3) is 0.200. The Morgan fingerprint density at radius 1 is 1.33 bits per heavy atom. The quantitative estimate of drug-likeness (QED) is 0.739. The van der Waals surface area contributed by atoms with Gasteiger partial charge in [-0.25, -0.2) is 4.98 Å². The zero-order valence-corrected chi connectivity index (χ0v) is 13.6. The molecule has 5 nitrogen and oxygen atoms in total. The lowest BCUT2D eigenvalue weighted by Gasteiger charge is -2.10. The van der Waals surface area contributed by atoms with Gasteiger partial charge >= 0.3 is 0 Å². The average Bonchev–Trinajstić information content (AvgIpc) is 2.44. The van der Waals surface area contributed by atoms with Crippen molar-refractivity contribution in [1.82, 2.24) is 9.97 Å². The number of nitrogens with one attached hydrogen (secondary N) is 1. The Labute approximate surface area is 132 Å². The minimum absolute atomic E-state index is 0.306. The number of hydrogen-bond donors (Lipinski definition) is 3. The van der Waals surface area contributed by atoms with Crippen LogP contribution in [0.5, 0.6) is 0 Å². The second kappa shape index (κ2) is 6.58. The first-order valence-electron chi connectivity index (χ1n) is 6.58. The highest BCUT2D eigenvalue weighted by atomic mass is 79.9.